The molecule has 1 heterocycles. The molecule has 1 aliphatic rings. The van der Waals surface area contributed by atoms with E-state index in [2.05, 4.69) is 15.3 Å². The molecular formula is C21H23N5O3. The average Bonchev–Trinajstić information content (AvgIpc) is 2.74. The molecule has 0 radical (unpaired) electrons. The van der Waals surface area contributed by atoms with Crippen LogP contribution in [0.4, 0.5) is 23.1 Å². The molecule has 1 saturated carbocycles. The zero-order chi connectivity index (χ0) is 20.4. The van der Waals surface area contributed by atoms with Crippen molar-refractivity contribution in [2.45, 2.75) is 37.8 Å². The van der Waals surface area contributed by atoms with Crippen LogP contribution in [0.1, 0.15) is 25.7 Å². The zero-order valence-corrected chi connectivity index (χ0v) is 16.2. The van der Waals surface area contributed by atoms with E-state index in [4.69, 9.17) is 0 Å². The Kier molecular flexibility index (Phi) is 5.26. The highest BCUT2D eigenvalue weighted by Crippen LogP contribution is 2.32. The molecule has 0 unspecified atom stereocenters. The zero-order valence-electron chi connectivity index (χ0n) is 16.2. The van der Waals surface area contributed by atoms with Crippen LogP contribution in [0, 0.1) is 10.1 Å². The minimum atomic E-state index is -0.453. The molecule has 0 atom stereocenters. The van der Waals surface area contributed by atoms with E-state index in [1.54, 1.807) is 0 Å². The average molecular weight is 393 g/mol. The van der Waals surface area contributed by atoms with Crippen LogP contribution < -0.4 is 10.2 Å². The number of hydrogen-bond donors (Lipinski definition) is 2. The number of aliphatic hydroxyl groups is 1. The monoisotopic (exact) mass is 393 g/mol. The number of benzene rings is 2. The van der Waals surface area contributed by atoms with Crippen molar-refractivity contribution in [1.82, 2.24) is 9.97 Å². The summed E-state index contributed by atoms with van der Waals surface area (Å²) in [5.41, 5.74) is 0.716. The van der Waals surface area contributed by atoms with E-state index in [9.17, 15) is 15.2 Å². The lowest BCUT2D eigenvalue weighted by Gasteiger charge is -2.33. The van der Waals surface area contributed by atoms with Gasteiger partial charge in [-0.1, -0.05) is 36.4 Å². The van der Waals surface area contributed by atoms with Crippen molar-refractivity contribution < 1.29 is 10.0 Å². The molecule has 0 bridgehead atoms. The molecule has 0 aliphatic heterocycles. The van der Waals surface area contributed by atoms with Crippen LogP contribution in [0.15, 0.2) is 48.7 Å². The molecule has 1 fully saturated rings. The van der Waals surface area contributed by atoms with Crippen LogP contribution in [-0.4, -0.2) is 39.2 Å². The van der Waals surface area contributed by atoms with Gasteiger partial charge in [0.15, 0.2) is 0 Å². The van der Waals surface area contributed by atoms with Crippen molar-refractivity contribution in [3.63, 3.8) is 0 Å². The normalized spacial score (nSPS) is 19.1. The smallest absolute Gasteiger partial charge is 0.329 e. The van der Waals surface area contributed by atoms with Crippen LogP contribution in [0.5, 0.6) is 0 Å². The summed E-state index contributed by atoms with van der Waals surface area (Å²) in [7, 11) is 1.82. The Hall–Kier alpha value is -3.26. The lowest BCUT2D eigenvalue weighted by atomic mass is 9.92. The Morgan fingerprint density at radius 2 is 1.86 bits per heavy atom. The summed E-state index contributed by atoms with van der Waals surface area (Å²) in [5.74, 6) is 0.596. The minimum Gasteiger partial charge on any atom is -0.393 e. The van der Waals surface area contributed by atoms with Gasteiger partial charge in [0.2, 0.25) is 11.8 Å². The summed E-state index contributed by atoms with van der Waals surface area (Å²) in [6.07, 6.45) is 3.88. The third-order valence-corrected chi connectivity index (χ3v) is 5.53. The van der Waals surface area contributed by atoms with Crippen LogP contribution in [0.2, 0.25) is 0 Å². The summed E-state index contributed by atoms with van der Waals surface area (Å²) in [6, 6.07) is 13.9. The second kappa shape index (κ2) is 8.00. The maximum atomic E-state index is 11.5. The van der Waals surface area contributed by atoms with Crippen molar-refractivity contribution in [2.75, 3.05) is 17.3 Å². The van der Waals surface area contributed by atoms with Gasteiger partial charge in [-0.3, -0.25) is 10.1 Å². The SMILES string of the molecule is CN(c1nc(Nc2cccc3ccccc23)ncc1[N+](=O)[O-])[C@H]1CC[C@H](O)CC1. The van der Waals surface area contributed by atoms with Crippen LogP contribution in [0.3, 0.4) is 0 Å². The number of hydrogen-bond acceptors (Lipinski definition) is 7. The second-order valence-corrected chi connectivity index (χ2v) is 7.38. The molecular weight excluding hydrogens is 370 g/mol. The maximum absolute atomic E-state index is 11.5. The molecule has 29 heavy (non-hydrogen) atoms. The number of rotatable bonds is 5. The number of aromatic nitrogens is 2. The Labute approximate surface area is 168 Å². The molecule has 3 aromatic rings. The Balaban J connectivity index is 1.67. The third kappa shape index (κ3) is 3.97. The molecule has 0 spiro atoms. The first-order chi connectivity index (χ1) is 14.0. The standard InChI is InChI=1S/C21H23N5O3/c1-25(15-9-11-16(27)12-10-15)20-19(26(28)29)13-22-21(24-20)23-18-8-4-6-14-5-2-3-7-17(14)18/h2-8,13,15-16,27H,9-12H2,1H3,(H,22,23,24)/t15-,16-. The van der Waals surface area contributed by atoms with E-state index in [1.807, 2.05) is 54.4 Å². The number of nitrogens with one attached hydrogen (secondary N) is 1. The molecule has 2 aromatic carbocycles. The van der Waals surface area contributed by atoms with Crippen molar-refractivity contribution >= 4 is 33.9 Å². The van der Waals surface area contributed by atoms with E-state index in [-0.39, 0.29) is 23.7 Å². The fraction of sp³-hybridized carbons (Fsp3) is 0.333. The van der Waals surface area contributed by atoms with Crippen molar-refractivity contribution in [3.05, 3.63) is 58.8 Å². The van der Waals surface area contributed by atoms with Gasteiger partial charge in [-0.05, 0) is 37.1 Å². The van der Waals surface area contributed by atoms with E-state index in [0.717, 1.165) is 29.3 Å². The van der Waals surface area contributed by atoms with Crippen molar-refractivity contribution in [2.24, 2.45) is 0 Å². The van der Waals surface area contributed by atoms with Crippen molar-refractivity contribution in [1.29, 1.82) is 0 Å². The van der Waals surface area contributed by atoms with Crippen molar-refractivity contribution in [3.8, 4) is 0 Å². The summed E-state index contributed by atoms with van der Waals surface area (Å²) >= 11 is 0. The molecule has 150 valence electrons. The van der Waals surface area contributed by atoms with E-state index >= 15 is 0 Å². The first kappa shape index (κ1) is 19.1. The van der Waals surface area contributed by atoms with Gasteiger partial charge in [-0.2, -0.15) is 4.98 Å². The quantitative estimate of drug-likeness (QED) is 0.498. The maximum Gasteiger partial charge on any atom is 0.329 e. The highest BCUT2D eigenvalue weighted by molar-refractivity contribution is 5.94. The molecule has 0 saturated heterocycles. The number of fused-ring (bicyclic) bond motifs is 1. The van der Waals surface area contributed by atoms with Gasteiger partial charge in [0.05, 0.1) is 11.0 Å². The first-order valence-corrected chi connectivity index (χ1v) is 9.70. The predicted octanol–water partition coefficient (Wildman–Crippen LogP) is 4.02. The van der Waals surface area contributed by atoms with E-state index in [0.29, 0.717) is 18.8 Å². The summed E-state index contributed by atoms with van der Waals surface area (Å²) in [5, 5.41) is 26.6. The lowest BCUT2D eigenvalue weighted by Crippen LogP contribution is -2.37. The summed E-state index contributed by atoms with van der Waals surface area (Å²) in [4.78, 5) is 21.6. The Bertz CT molecular complexity index is 1030. The molecule has 2 N–H and O–H groups in total. The number of nitro groups is 1. The fourth-order valence-corrected chi connectivity index (χ4v) is 3.89. The molecule has 1 aromatic heterocycles. The van der Waals surface area contributed by atoms with Gasteiger partial charge in [0.25, 0.3) is 0 Å². The molecule has 4 rings (SSSR count). The third-order valence-electron chi connectivity index (χ3n) is 5.53. The van der Waals surface area contributed by atoms with E-state index < -0.39 is 4.92 Å². The Morgan fingerprint density at radius 1 is 1.14 bits per heavy atom. The molecule has 0 amide bonds. The predicted molar refractivity (Wildman–Crippen MR) is 113 cm³/mol. The fourth-order valence-electron chi connectivity index (χ4n) is 3.89. The molecule has 8 heteroatoms. The topological polar surface area (TPSA) is 104 Å². The first-order valence-electron chi connectivity index (χ1n) is 9.70. The van der Waals surface area contributed by atoms with Gasteiger partial charge in [-0.15, -0.1) is 0 Å². The molecule has 1 aliphatic carbocycles. The second-order valence-electron chi connectivity index (χ2n) is 7.38. The van der Waals surface area contributed by atoms with Gasteiger partial charge >= 0.3 is 5.69 Å². The van der Waals surface area contributed by atoms with Crippen LogP contribution in [-0.2, 0) is 0 Å². The number of nitrogens with zero attached hydrogens (tertiary/aromatic N) is 4. The van der Waals surface area contributed by atoms with Gasteiger partial charge in [-0.25, -0.2) is 4.98 Å². The van der Waals surface area contributed by atoms with E-state index in [1.165, 1.54) is 6.20 Å². The number of anilines is 3. The van der Waals surface area contributed by atoms with Crippen LogP contribution in [0.25, 0.3) is 10.8 Å². The van der Waals surface area contributed by atoms with Crippen LogP contribution >= 0.6 is 0 Å². The highest BCUT2D eigenvalue weighted by atomic mass is 16.6. The number of aliphatic hydroxyl groups excluding tert-OH is 1. The Morgan fingerprint density at radius 3 is 2.62 bits per heavy atom. The van der Waals surface area contributed by atoms with Gasteiger partial charge in [0.1, 0.15) is 6.20 Å². The highest BCUT2D eigenvalue weighted by Gasteiger charge is 2.29. The summed E-state index contributed by atoms with van der Waals surface area (Å²) < 4.78 is 0. The van der Waals surface area contributed by atoms with Gasteiger partial charge < -0.3 is 15.3 Å². The van der Waals surface area contributed by atoms with Gasteiger partial charge in [0, 0.05) is 24.2 Å². The molecule has 8 nitrogen and oxygen atoms in total. The lowest BCUT2D eigenvalue weighted by molar-refractivity contribution is -0.384. The minimum absolute atomic E-state index is 0.0948. The largest absolute Gasteiger partial charge is 0.393 e. The summed E-state index contributed by atoms with van der Waals surface area (Å²) in [6.45, 7) is 0.